The summed E-state index contributed by atoms with van der Waals surface area (Å²) in [6.07, 6.45) is 9.88. The van der Waals surface area contributed by atoms with Crippen LogP contribution in [0.4, 0.5) is 0 Å². The molecule has 13 heavy (non-hydrogen) atoms. The third-order valence-corrected chi connectivity index (χ3v) is 2.29. The molecule has 0 saturated heterocycles. The van der Waals surface area contributed by atoms with E-state index in [4.69, 9.17) is 0 Å². The van der Waals surface area contributed by atoms with Crippen LogP contribution >= 0.6 is 0 Å². The van der Waals surface area contributed by atoms with Crippen molar-refractivity contribution >= 4 is 0 Å². The Labute approximate surface area is 83.6 Å². The summed E-state index contributed by atoms with van der Waals surface area (Å²) in [7, 11) is 0. The summed E-state index contributed by atoms with van der Waals surface area (Å²) in [5, 5.41) is 3.49. The van der Waals surface area contributed by atoms with Crippen LogP contribution in [0.15, 0.2) is 12.7 Å². The molecule has 0 aromatic heterocycles. The predicted octanol–water partition coefficient (Wildman–Crippen LogP) is 3.51. The van der Waals surface area contributed by atoms with Gasteiger partial charge in [0.25, 0.3) is 0 Å². The van der Waals surface area contributed by atoms with Gasteiger partial charge in [0, 0.05) is 6.04 Å². The molecule has 1 unspecified atom stereocenters. The zero-order valence-electron chi connectivity index (χ0n) is 9.31. The van der Waals surface area contributed by atoms with Crippen LogP contribution in [-0.4, -0.2) is 12.6 Å². The van der Waals surface area contributed by atoms with Gasteiger partial charge in [-0.15, -0.1) is 6.58 Å². The third-order valence-electron chi connectivity index (χ3n) is 2.29. The molecule has 0 spiro atoms. The number of hydrogen-bond donors (Lipinski definition) is 1. The lowest BCUT2D eigenvalue weighted by molar-refractivity contribution is 0.519. The van der Waals surface area contributed by atoms with Crippen molar-refractivity contribution in [3.63, 3.8) is 0 Å². The molecule has 1 N–H and O–H groups in total. The summed E-state index contributed by atoms with van der Waals surface area (Å²) in [6.45, 7) is 9.37. The Morgan fingerprint density at radius 1 is 1.23 bits per heavy atom. The SMILES string of the molecule is C=CCC(C)NCCCCCCC. The van der Waals surface area contributed by atoms with Crippen LogP contribution in [0.3, 0.4) is 0 Å². The first-order chi connectivity index (χ1) is 6.31. The highest BCUT2D eigenvalue weighted by molar-refractivity contribution is 4.74. The zero-order chi connectivity index (χ0) is 9.94. The Kier molecular flexibility index (Phi) is 9.56. The molecular weight excluding hydrogens is 158 g/mol. The Hall–Kier alpha value is -0.300. The molecule has 0 aliphatic carbocycles. The quantitative estimate of drug-likeness (QED) is 0.426. The second-order valence-electron chi connectivity index (χ2n) is 3.79. The van der Waals surface area contributed by atoms with Gasteiger partial charge in [-0.05, 0) is 26.3 Å². The van der Waals surface area contributed by atoms with Crippen molar-refractivity contribution in [2.45, 2.75) is 58.4 Å². The van der Waals surface area contributed by atoms with Gasteiger partial charge >= 0.3 is 0 Å². The molecule has 0 bridgehead atoms. The van der Waals surface area contributed by atoms with Crippen molar-refractivity contribution in [1.29, 1.82) is 0 Å². The highest BCUT2D eigenvalue weighted by Crippen LogP contribution is 2.01. The smallest absolute Gasteiger partial charge is 0.00731 e. The third kappa shape index (κ3) is 9.62. The van der Waals surface area contributed by atoms with E-state index in [0.717, 1.165) is 6.42 Å². The fourth-order valence-electron chi connectivity index (χ4n) is 1.41. The van der Waals surface area contributed by atoms with Crippen molar-refractivity contribution in [3.8, 4) is 0 Å². The normalized spacial score (nSPS) is 12.8. The summed E-state index contributed by atoms with van der Waals surface area (Å²) >= 11 is 0. The fourth-order valence-corrected chi connectivity index (χ4v) is 1.41. The van der Waals surface area contributed by atoms with Crippen LogP contribution in [-0.2, 0) is 0 Å². The fraction of sp³-hybridized carbons (Fsp3) is 0.833. The van der Waals surface area contributed by atoms with E-state index in [1.54, 1.807) is 0 Å². The number of unbranched alkanes of at least 4 members (excludes halogenated alkanes) is 4. The van der Waals surface area contributed by atoms with Gasteiger partial charge in [0.05, 0.1) is 0 Å². The van der Waals surface area contributed by atoms with E-state index < -0.39 is 0 Å². The zero-order valence-corrected chi connectivity index (χ0v) is 9.31. The topological polar surface area (TPSA) is 12.0 Å². The largest absolute Gasteiger partial charge is 0.314 e. The van der Waals surface area contributed by atoms with Gasteiger partial charge in [-0.25, -0.2) is 0 Å². The van der Waals surface area contributed by atoms with Crippen LogP contribution in [0.1, 0.15) is 52.4 Å². The van der Waals surface area contributed by atoms with E-state index in [-0.39, 0.29) is 0 Å². The molecule has 0 aromatic carbocycles. The van der Waals surface area contributed by atoms with E-state index in [9.17, 15) is 0 Å². The van der Waals surface area contributed by atoms with Gasteiger partial charge < -0.3 is 5.32 Å². The molecule has 1 nitrogen and oxygen atoms in total. The molecule has 1 heteroatoms. The van der Waals surface area contributed by atoms with E-state index >= 15 is 0 Å². The average molecular weight is 183 g/mol. The van der Waals surface area contributed by atoms with Crippen molar-refractivity contribution in [3.05, 3.63) is 12.7 Å². The molecule has 0 aliphatic rings. The predicted molar refractivity (Wildman–Crippen MR) is 61.0 cm³/mol. The molecule has 78 valence electrons. The molecule has 0 saturated carbocycles. The average Bonchev–Trinajstić information content (AvgIpc) is 2.11. The Morgan fingerprint density at radius 2 is 1.92 bits per heavy atom. The lowest BCUT2D eigenvalue weighted by Gasteiger charge is -2.10. The first-order valence-electron chi connectivity index (χ1n) is 5.65. The number of nitrogens with one attached hydrogen (secondary N) is 1. The summed E-state index contributed by atoms with van der Waals surface area (Å²) in [5.74, 6) is 0. The summed E-state index contributed by atoms with van der Waals surface area (Å²) in [5.41, 5.74) is 0. The Balaban J connectivity index is 3.01. The van der Waals surface area contributed by atoms with Gasteiger partial charge in [-0.1, -0.05) is 38.7 Å². The second kappa shape index (κ2) is 9.79. The van der Waals surface area contributed by atoms with Crippen LogP contribution in [0, 0.1) is 0 Å². The Bertz CT molecular complexity index is 110. The minimum absolute atomic E-state index is 0.601. The van der Waals surface area contributed by atoms with Crippen molar-refractivity contribution in [2.24, 2.45) is 0 Å². The van der Waals surface area contributed by atoms with E-state index in [1.807, 2.05) is 6.08 Å². The number of hydrogen-bond acceptors (Lipinski definition) is 1. The molecule has 0 heterocycles. The van der Waals surface area contributed by atoms with E-state index in [0.29, 0.717) is 6.04 Å². The van der Waals surface area contributed by atoms with Crippen molar-refractivity contribution in [2.75, 3.05) is 6.54 Å². The highest BCUT2D eigenvalue weighted by atomic mass is 14.9. The molecule has 0 radical (unpaired) electrons. The van der Waals surface area contributed by atoms with Gasteiger partial charge in [0.15, 0.2) is 0 Å². The molecule has 1 atom stereocenters. The molecule has 0 aliphatic heterocycles. The summed E-state index contributed by atoms with van der Waals surface area (Å²) in [6, 6.07) is 0.601. The molecule has 0 amide bonds. The lowest BCUT2D eigenvalue weighted by atomic mass is 10.1. The first kappa shape index (κ1) is 12.7. The van der Waals surface area contributed by atoms with Crippen LogP contribution in [0.5, 0.6) is 0 Å². The van der Waals surface area contributed by atoms with Gasteiger partial charge in [0.1, 0.15) is 0 Å². The molecule has 0 rings (SSSR count). The first-order valence-corrected chi connectivity index (χ1v) is 5.65. The van der Waals surface area contributed by atoms with Gasteiger partial charge in [-0.3, -0.25) is 0 Å². The monoisotopic (exact) mass is 183 g/mol. The lowest BCUT2D eigenvalue weighted by Crippen LogP contribution is -2.26. The molecule has 0 aromatic rings. The highest BCUT2D eigenvalue weighted by Gasteiger charge is 1.96. The van der Waals surface area contributed by atoms with Gasteiger partial charge in [0.2, 0.25) is 0 Å². The second-order valence-corrected chi connectivity index (χ2v) is 3.79. The summed E-state index contributed by atoms with van der Waals surface area (Å²) < 4.78 is 0. The number of rotatable bonds is 9. The standard InChI is InChI=1S/C12H25N/c1-4-6-7-8-9-11-13-12(3)10-5-2/h5,12-13H,2,4,6-11H2,1,3H3. The van der Waals surface area contributed by atoms with Crippen LogP contribution in [0.25, 0.3) is 0 Å². The summed E-state index contributed by atoms with van der Waals surface area (Å²) in [4.78, 5) is 0. The van der Waals surface area contributed by atoms with Crippen molar-refractivity contribution in [1.82, 2.24) is 5.32 Å². The van der Waals surface area contributed by atoms with E-state index in [2.05, 4.69) is 25.7 Å². The van der Waals surface area contributed by atoms with Gasteiger partial charge in [-0.2, -0.15) is 0 Å². The molecule has 0 fully saturated rings. The maximum atomic E-state index is 3.73. The maximum Gasteiger partial charge on any atom is 0.00731 e. The van der Waals surface area contributed by atoms with Crippen LogP contribution < -0.4 is 5.32 Å². The van der Waals surface area contributed by atoms with Crippen LogP contribution in [0.2, 0.25) is 0 Å². The molecular formula is C12H25N. The van der Waals surface area contributed by atoms with E-state index in [1.165, 1.54) is 38.6 Å². The maximum absolute atomic E-state index is 3.73. The minimum atomic E-state index is 0.601. The Morgan fingerprint density at radius 3 is 2.54 bits per heavy atom. The van der Waals surface area contributed by atoms with Crippen molar-refractivity contribution < 1.29 is 0 Å². The minimum Gasteiger partial charge on any atom is -0.314 e.